The molecule has 6 nitrogen and oxygen atoms in total. The minimum atomic E-state index is -1.70. The summed E-state index contributed by atoms with van der Waals surface area (Å²) in [5.41, 5.74) is -1.79. The van der Waals surface area contributed by atoms with Gasteiger partial charge < -0.3 is 24.8 Å². The Labute approximate surface area is 177 Å². The van der Waals surface area contributed by atoms with E-state index in [9.17, 15) is 20.1 Å². The number of ether oxygens (including phenoxy) is 2. The van der Waals surface area contributed by atoms with Crippen molar-refractivity contribution in [2.75, 3.05) is 6.61 Å². The van der Waals surface area contributed by atoms with E-state index < -0.39 is 40.0 Å². The van der Waals surface area contributed by atoms with Crippen molar-refractivity contribution in [3.63, 3.8) is 0 Å². The average molecular weight is 419 g/mol. The fraction of sp³-hybridized carbons (Fsp3) is 0.792. The molecule has 2 heterocycles. The van der Waals surface area contributed by atoms with E-state index in [0.29, 0.717) is 5.57 Å². The van der Waals surface area contributed by atoms with E-state index in [4.69, 9.17) is 9.47 Å². The molecule has 4 aliphatic carbocycles. The van der Waals surface area contributed by atoms with Gasteiger partial charge in [-0.15, -0.1) is 0 Å². The number of aliphatic hydroxyl groups excluding tert-OH is 2. The lowest BCUT2D eigenvalue weighted by molar-refractivity contribution is -0.478. The van der Waals surface area contributed by atoms with E-state index in [-0.39, 0.29) is 36.1 Å². The van der Waals surface area contributed by atoms with E-state index in [2.05, 4.69) is 6.58 Å². The van der Waals surface area contributed by atoms with E-state index in [1.165, 1.54) is 13.8 Å². The third-order valence-corrected chi connectivity index (χ3v) is 9.35. The molecule has 6 heteroatoms. The van der Waals surface area contributed by atoms with Crippen LogP contribution in [0.4, 0.5) is 0 Å². The number of carbonyl (C=O) groups is 1. The number of rotatable bonds is 2. The SMILES string of the molecule is C=C1C(=O)[C@]23[C@H](C)[C@H]1CC[C@H]2[C@]12C=C[C@H](O)C(C)(C)[C@H]1[C@H](O)[C@@]3(OC(C)(C)O)OC2. The van der Waals surface area contributed by atoms with Crippen LogP contribution in [-0.4, -0.2) is 51.5 Å². The van der Waals surface area contributed by atoms with Crippen molar-refractivity contribution < 1.29 is 29.6 Å². The number of hydrogen-bond donors (Lipinski definition) is 3. The van der Waals surface area contributed by atoms with Gasteiger partial charge in [0.05, 0.1) is 18.1 Å². The Morgan fingerprint density at radius 1 is 1.27 bits per heavy atom. The van der Waals surface area contributed by atoms with Gasteiger partial charge in [0.2, 0.25) is 5.79 Å². The van der Waals surface area contributed by atoms with Gasteiger partial charge in [-0.3, -0.25) is 4.79 Å². The lowest BCUT2D eigenvalue weighted by Gasteiger charge is -2.74. The number of ketones is 1. The fourth-order valence-corrected chi connectivity index (χ4v) is 8.36. The molecule has 5 fully saturated rings. The van der Waals surface area contributed by atoms with Crippen LogP contribution in [0.25, 0.3) is 0 Å². The highest BCUT2D eigenvalue weighted by atomic mass is 16.8. The monoisotopic (exact) mass is 418 g/mol. The summed E-state index contributed by atoms with van der Waals surface area (Å²) in [4.78, 5) is 14.0. The van der Waals surface area contributed by atoms with E-state index in [1.807, 2.05) is 26.8 Å². The second kappa shape index (κ2) is 5.65. The molecule has 6 rings (SSSR count). The number of hydrogen-bond acceptors (Lipinski definition) is 6. The molecule has 0 aromatic rings. The third kappa shape index (κ3) is 1.97. The zero-order valence-electron chi connectivity index (χ0n) is 18.5. The van der Waals surface area contributed by atoms with Gasteiger partial charge in [0.25, 0.3) is 0 Å². The van der Waals surface area contributed by atoms with Gasteiger partial charge in [0.1, 0.15) is 6.10 Å². The van der Waals surface area contributed by atoms with Gasteiger partial charge in [-0.25, -0.2) is 0 Å². The summed E-state index contributed by atoms with van der Waals surface area (Å²) in [6.45, 7) is 13.3. The lowest BCUT2D eigenvalue weighted by atomic mass is 9.36. The molecule has 2 spiro atoms. The van der Waals surface area contributed by atoms with Crippen LogP contribution in [-0.2, 0) is 14.3 Å². The highest BCUT2D eigenvalue weighted by Crippen LogP contribution is 2.77. The molecule has 3 saturated carbocycles. The molecule has 2 saturated heterocycles. The van der Waals surface area contributed by atoms with Crippen molar-refractivity contribution in [1.82, 2.24) is 0 Å². The summed E-state index contributed by atoms with van der Waals surface area (Å²) in [5, 5.41) is 33.5. The summed E-state index contributed by atoms with van der Waals surface area (Å²) >= 11 is 0. The van der Waals surface area contributed by atoms with Crippen LogP contribution in [0.3, 0.4) is 0 Å². The minimum Gasteiger partial charge on any atom is -0.388 e. The summed E-state index contributed by atoms with van der Waals surface area (Å²) < 4.78 is 12.6. The van der Waals surface area contributed by atoms with Crippen molar-refractivity contribution >= 4 is 5.78 Å². The first-order valence-electron chi connectivity index (χ1n) is 11.1. The van der Waals surface area contributed by atoms with Gasteiger partial charge in [-0.1, -0.05) is 39.5 Å². The molecular weight excluding hydrogens is 384 g/mol. The average Bonchev–Trinajstić information content (AvgIpc) is 2.74. The minimum absolute atomic E-state index is 0.0206. The molecule has 0 unspecified atom stereocenters. The highest BCUT2D eigenvalue weighted by Gasteiger charge is 2.86. The quantitative estimate of drug-likeness (QED) is 0.361. The van der Waals surface area contributed by atoms with E-state index >= 15 is 0 Å². The molecule has 4 bridgehead atoms. The second-order valence-corrected chi connectivity index (χ2v) is 11.4. The first-order chi connectivity index (χ1) is 13.8. The Morgan fingerprint density at radius 3 is 2.57 bits per heavy atom. The predicted molar refractivity (Wildman–Crippen MR) is 109 cm³/mol. The van der Waals surface area contributed by atoms with Crippen molar-refractivity contribution in [3.8, 4) is 0 Å². The lowest BCUT2D eigenvalue weighted by Crippen LogP contribution is -2.84. The number of allylic oxidation sites excluding steroid dienone is 1. The maximum Gasteiger partial charge on any atom is 0.211 e. The van der Waals surface area contributed by atoms with Crippen LogP contribution in [0, 0.1) is 39.9 Å². The Morgan fingerprint density at radius 2 is 1.93 bits per heavy atom. The summed E-state index contributed by atoms with van der Waals surface area (Å²) in [6.07, 6.45) is 3.52. The molecule has 166 valence electrons. The number of fused-ring (bicyclic) bond motifs is 2. The number of Topliss-reactive ketones (excluding diaryl/α,β-unsaturated/α-hetero) is 1. The second-order valence-electron chi connectivity index (χ2n) is 11.4. The summed E-state index contributed by atoms with van der Waals surface area (Å²) in [7, 11) is 0. The van der Waals surface area contributed by atoms with Crippen molar-refractivity contribution in [1.29, 1.82) is 0 Å². The Balaban J connectivity index is 1.83. The standard InChI is InChI=1S/C24H34O6/c1-12-14-7-8-15-22-10-9-16(25)20(3,4)17(22)19(27)24(29-11-22,30-21(5,6)28)23(15,13(14)2)18(12)26/h9-10,13-17,19,25,27-28H,1,7-8,11H2,2-6H3/t13-,14+,15+,16+,17-,19+,22-,23+,24+/m1/s1. The van der Waals surface area contributed by atoms with Crippen molar-refractivity contribution in [2.24, 2.45) is 39.9 Å². The first-order valence-corrected chi connectivity index (χ1v) is 11.1. The predicted octanol–water partition coefficient (Wildman–Crippen LogP) is 2.18. The third-order valence-electron chi connectivity index (χ3n) is 9.35. The molecule has 3 N–H and O–H groups in total. The molecule has 0 aromatic heterocycles. The van der Waals surface area contributed by atoms with Crippen LogP contribution in [0.2, 0.25) is 0 Å². The van der Waals surface area contributed by atoms with Crippen LogP contribution < -0.4 is 0 Å². The normalized spacial score (nSPS) is 53.6. The molecular formula is C24H34O6. The molecule has 0 aromatic carbocycles. The smallest absolute Gasteiger partial charge is 0.211 e. The van der Waals surface area contributed by atoms with Gasteiger partial charge >= 0.3 is 0 Å². The molecule has 0 amide bonds. The zero-order chi connectivity index (χ0) is 22.1. The zero-order valence-corrected chi connectivity index (χ0v) is 18.5. The Bertz CT molecular complexity index is 854. The van der Waals surface area contributed by atoms with Gasteiger partial charge in [-0.2, -0.15) is 0 Å². The first kappa shape index (κ1) is 20.8. The fourth-order valence-electron chi connectivity index (χ4n) is 8.36. The van der Waals surface area contributed by atoms with E-state index in [1.54, 1.807) is 6.08 Å². The summed E-state index contributed by atoms with van der Waals surface area (Å²) in [6, 6.07) is 0. The van der Waals surface area contributed by atoms with Crippen LogP contribution >= 0.6 is 0 Å². The summed E-state index contributed by atoms with van der Waals surface area (Å²) in [5.74, 6) is -4.04. The molecule has 0 radical (unpaired) electrons. The molecule has 6 aliphatic rings. The van der Waals surface area contributed by atoms with Crippen LogP contribution in [0.1, 0.15) is 47.5 Å². The maximum absolute atomic E-state index is 14.0. The molecule has 9 atom stereocenters. The largest absolute Gasteiger partial charge is 0.388 e. The van der Waals surface area contributed by atoms with Crippen LogP contribution in [0.5, 0.6) is 0 Å². The Hall–Kier alpha value is -1.05. The number of aliphatic hydroxyl groups is 3. The van der Waals surface area contributed by atoms with Crippen molar-refractivity contribution in [3.05, 3.63) is 24.3 Å². The Kier molecular flexibility index (Phi) is 3.92. The molecule has 2 aliphatic heterocycles. The highest BCUT2D eigenvalue weighted by molar-refractivity contribution is 6.04. The van der Waals surface area contributed by atoms with Gasteiger partial charge in [0, 0.05) is 16.7 Å². The number of carbonyl (C=O) groups excluding carboxylic acids is 1. The van der Waals surface area contributed by atoms with Gasteiger partial charge in [-0.05, 0) is 50.0 Å². The maximum atomic E-state index is 14.0. The topological polar surface area (TPSA) is 96.2 Å². The van der Waals surface area contributed by atoms with Crippen LogP contribution in [0.15, 0.2) is 24.3 Å². The van der Waals surface area contributed by atoms with E-state index in [0.717, 1.165) is 12.8 Å². The van der Waals surface area contributed by atoms with Gasteiger partial charge in [0.15, 0.2) is 11.6 Å². The van der Waals surface area contributed by atoms with Crippen molar-refractivity contribution in [2.45, 2.75) is 71.2 Å². The molecule has 30 heavy (non-hydrogen) atoms.